The number of amides is 2. The minimum absolute atomic E-state index is 0.0896. The molecule has 1 aromatic carbocycles. The maximum Gasteiger partial charge on any atom is 0.257 e. The van der Waals surface area contributed by atoms with Crippen molar-refractivity contribution in [3.63, 3.8) is 0 Å². The highest BCUT2D eigenvalue weighted by molar-refractivity contribution is 6.31. The molecule has 0 atom stereocenters. The van der Waals surface area contributed by atoms with Gasteiger partial charge < -0.3 is 14.5 Å². The second-order valence-corrected chi connectivity index (χ2v) is 6.99. The number of piperazine rings is 1. The molecule has 1 saturated carbocycles. The highest BCUT2D eigenvalue weighted by Gasteiger charge is 2.32. The Kier molecular flexibility index (Phi) is 4.99. The second kappa shape index (κ2) is 7.01. The third-order valence-electron chi connectivity index (χ3n) is 5.01. The molecule has 5 nitrogen and oxygen atoms in total. The standard InChI is InChI=1S/C18H23ClN2O3/c1-12-10-14(19)11-15(16(12)24-2)18(23)21-8-6-20(7-9-21)17(22)13-4-3-5-13/h10-11,13H,3-9H2,1-2H3. The molecule has 1 aromatic rings. The van der Waals surface area contributed by atoms with Gasteiger partial charge in [-0.1, -0.05) is 18.0 Å². The smallest absolute Gasteiger partial charge is 0.257 e. The fourth-order valence-corrected chi connectivity index (χ4v) is 3.65. The maximum absolute atomic E-state index is 12.8. The molecule has 0 unspecified atom stereocenters. The Morgan fingerprint density at radius 1 is 1.12 bits per heavy atom. The van der Waals surface area contributed by atoms with Gasteiger partial charge in [0.1, 0.15) is 5.75 Å². The lowest BCUT2D eigenvalue weighted by atomic mass is 9.84. The van der Waals surface area contributed by atoms with Crippen LogP contribution in [0.25, 0.3) is 0 Å². The van der Waals surface area contributed by atoms with Crippen LogP contribution in [-0.2, 0) is 4.79 Å². The van der Waals surface area contributed by atoms with E-state index in [1.807, 2.05) is 11.8 Å². The van der Waals surface area contributed by atoms with Crippen molar-refractivity contribution in [2.75, 3.05) is 33.3 Å². The van der Waals surface area contributed by atoms with Gasteiger partial charge >= 0.3 is 0 Å². The first-order valence-electron chi connectivity index (χ1n) is 8.43. The zero-order chi connectivity index (χ0) is 17.3. The number of benzene rings is 1. The fraction of sp³-hybridized carbons (Fsp3) is 0.556. The highest BCUT2D eigenvalue weighted by atomic mass is 35.5. The van der Waals surface area contributed by atoms with Gasteiger partial charge in [-0.2, -0.15) is 0 Å². The zero-order valence-electron chi connectivity index (χ0n) is 14.2. The SMILES string of the molecule is COc1c(C)cc(Cl)cc1C(=O)N1CCN(C(=O)C2CCC2)CC1. The summed E-state index contributed by atoms with van der Waals surface area (Å²) in [4.78, 5) is 28.8. The summed E-state index contributed by atoms with van der Waals surface area (Å²) in [6.07, 6.45) is 3.18. The molecule has 1 aliphatic carbocycles. The Morgan fingerprint density at radius 3 is 2.29 bits per heavy atom. The average Bonchev–Trinajstić information content (AvgIpc) is 2.52. The van der Waals surface area contributed by atoms with Gasteiger partial charge in [0.25, 0.3) is 5.91 Å². The largest absolute Gasteiger partial charge is 0.496 e. The van der Waals surface area contributed by atoms with Crippen molar-refractivity contribution in [1.29, 1.82) is 0 Å². The molecule has 0 bridgehead atoms. The van der Waals surface area contributed by atoms with E-state index in [1.54, 1.807) is 24.1 Å². The molecule has 1 heterocycles. The molecule has 1 aliphatic heterocycles. The number of carbonyl (C=O) groups excluding carboxylic acids is 2. The molecular weight excluding hydrogens is 328 g/mol. The average molecular weight is 351 g/mol. The van der Waals surface area contributed by atoms with Crippen molar-refractivity contribution in [2.24, 2.45) is 5.92 Å². The number of hydrogen-bond donors (Lipinski definition) is 0. The lowest BCUT2D eigenvalue weighted by Gasteiger charge is -2.38. The number of ether oxygens (including phenoxy) is 1. The van der Waals surface area contributed by atoms with Crippen molar-refractivity contribution in [2.45, 2.75) is 26.2 Å². The molecule has 0 spiro atoms. The van der Waals surface area contributed by atoms with Crippen LogP contribution in [0.1, 0.15) is 35.2 Å². The summed E-state index contributed by atoms with van der Waals surface area (Å²) in [5.74, 6) is 0.943. The Morgan fingerprint density at radius 2 is 1.75 bits per heavy atom. The summed E-state index contributed by atoms with van der Waals surface area (Å²) < 4.78 is 5.39. The van der Waals surface area contributed by atoms with Crippen LogP contribution in [0.2, 0.25) is 5.02 Å². The third kappa shape index (κ3) is 3.22. The summed E-state index contributed by atoms with van der Waals surface area (Å²) in [6.45, 7) is 4.17. The van der Waals surface area contributed by atoms with E-state index in [-0.39, 0.29) is 17.7 Å². The first-order valence-corrected chi connectivity index (χ1v) is 8.81. The number of aryl methyl sites for hydroxylation is 1. The normalized spacial score (nSPS) is 18.3. The molecular formula is C18H23ClN2O3. The molecule has 130 valence electrons. The summed E-state index contributed by atoms with van der Waals surface area (Å²) >= 11 is 6.10. The number of hydrogen-bond acceptors (Lipinski definition) is 3. The maximum atomic E-state index is 12.8. The van der Waals surface area contributed by atoms with Crippen LogP contribution in [0.3, 0.4) is 0 Å². The number of rotatable bonds is 3. The summed E-state index contributed by atoms with van der Waals surface area (Å²) in [5.41, 5.74) is 1.33. The molecule has 2 amide bonds. The monoisotopic (exact) mass is 350 g/mol. The van der Waals surface area contributed by atoms with Crippen LogP contribution >= 0.6 is 11.6 Å². The fourth-order valence-electron chi connectivity index (χ4n) is 3.37. The van der Waals surface area contributed by atoms with Crippen molar-refractivity contribution in [3.8, 4) is 5.75 Å². The van der Waals surface area contributed by atoms with Gasteiger partial charge in [-0.3, -0.25) is 9.59 Å². The summed E-state index contributed by atoms with van der Waals surface area (Å²) in [7, 11) is 1.56. The Balaban J connectivity index is 1.68. The van der Waals surface area contributed by atoms with Crippen molar-refractivity contribution in [3.05, 3.63) is 28.3 Å². The Hall–Kier alpha value is -1.75. The molecule has 2 aliphatic rings. The van der Waals surface area contributed by atoms with Gasteiger partial charge in [-0.25, -0.2) is 0 Å². The van der Waals surface area contributed by atoms with Gasteiger partial charge in [0.05, 0.1) is 12.7 Å². The van der Waals surface area contributed by atoms with E-state index in [2.05, 4.69) is 0 Å². The topological polar surface area (TPSA) is 49.9 Å². The molecule has 0 N–H and O–H groups in total. The van der Waals surface area contributed by atoms with Gasteiger partial charge in [-0.15, -0.1) is 0 Å². The van der Waals surface area contributed by atoms with Gasteiger partial charge in [0, 0.05) is 37.1 Å². The summed E-state index contributed by atoms with van der Waals surface area (Å²) in [6, 6.07) is 3.44. The van der Waals surface area contributed by atoms with Crippen LogP contribution in [-0.4, -0.2) is 54.9 Å². The minimum Gasteiger partial charge on any atom is -0.496 e. The number of carbonyl (C=O) groups is 2. The first kappa shape index (κ1) is 17.1. The van der Waals surface area contributed by atoms with Gasteiger partial charge in [0.15, 0.2) is 0 Å². The predicted octanol–water partition coefficient (Wildman–Crippen LogP) is 2.74. The molecule has 24 heavy (non-hydrogen) atoms. The molecule has 1 saturated heterocycles. The quantitative estimate of drug-likeness (QED) is 0.842. The van der Waals surface area contributed by atoms with E-state index < -0.39 is 0 Å². The number of halogens is 1. The Bertz CT molecular complexity index is 650. The lowest BCUT2D eigenvalue weighted by Crippen LogP contribution is -2.52. The van der Waals surface area contributed by atoms with Crippen LogP contribution in [0.4, 0.5) is 0 Å². The van der Waals surface area contributed by atoms with Crippen LogP contribution < -0.4 is 4.74 Å². The number of methoxy groups -OCH3 is 1. The van der Waals surface area contributed by atoms with Crippen LogP contribution in [0.15, 0.2) is 12.1 Å². The van der Waals surface area contributed by atoms with Crippen molar-refractivity contribution < 1.29 is 14.3 Å². The van der Waals surface area contributed by atoms with Gasteiger partial charge in [-0.05, 0) is 37.5 Å². The highest BCUT2D eigenvalue weighted by Crippen LogP contribution is 2.30. The first-order chi connectivity index (χ1) is 11.5. The third-order valence-corrected chi connectivity index (χ3v) is 5.23. The van der Waals surface area contributed by atoms with E-state index in [0.717, 1.165) is 24.8 Å². The van der Waals surface area contributed by atoms with Crippen molar-refractivity contribution >= 4 is 23.4 Å². The van der Waals surface area contributed by atoms with E-state index in [0.29, 0.717) is 42.5 Å². The molecule has 3 rings (SSSR count). The second-order valence-electron chi connectivity index (χ2n) is 6.55. The van der Waals surface area contributed by atoms with Crippen LogP contribution in [0, 0.1) is 12.8 Å². The zero-order valence-corrected chi connectivity index (χ0v) is 14.9. The summed E-state index contributed by atoms with van der Waals surface area (Å²) in [5, 5.41) is 0.524. The minimum atomic E-state index is -0.0896. The molecule has 6 heteroatoms. The van der Waals surface area contributed by atoms with E-state index >= 15 is 0 Å². The number of nitrogens with zero attached hydrogens (tertiary/aromatic N) is 2. The van der Waals surface area contributed by atoms with Crippen molar-refractivity contribution in [1.82, 2.24) is 9.80 Å². The van der Waals surface area contributed by atoms with Gasteiger partial charge in [0.2, 0.25) is 5.91 Å². The van der Waals surface area contributed by atoms with Crippen LogP contribution in [0.5, 0.6) is 5.75 Å². The molecule has 2 fully saturated rings. The van der Waals surface area contributed by atoms with E-state index in [4.69, 9.17) is 16.3 Å². The molecule has 0 radical (unpaired) electrons. The van der Waals surface area contributed by atoms with E-state index in [9.17, 15) is 9.59 Å². The predicted molar refractivity (Wildman–Crippen MR) is 92.6 cm³/mol. The lowest BCUT2D eigenvalue weighted by molar-refractivity contribution is -0.139. The van der Waals surface area contributed by atoms with E-state index in [1.165, 1.54) is 0 Å². The molecule has 0 aromatic heterocycles. The Labute approximate surface area is 147 Å².